The number of anilines is 1. The Morgan fingerprint density at radius 3 is 2.47 bits per heavy atom. The highest BCUT2D eigenvalue weighted by Crippen LogP contribution is 2.29. The zero-order chi connectivity index (χ0) is 22.7. The van der Waals surface area contributed by atoms with Crippen molar-refractivity contribution in [1.29, 1.82) is 0 Å². The van der Waals surface area contributed by atoms with Gasteiger partial charge in [0.05, 0.1) is 26.9 Å². The van der Waals surface area contributed by atoms with E-state index in [9.17, 15) is 14.9 Å². The Bertz CT molecular complexity index is 1240. The molecule has 0 unspecified atom stereocenters. The number of amides is 1. The van der Waals surface area contributed by atoms with Crippen LogP contribution in [-0.2, 0) is 11.4 Å². The first-order chi connectivity index (χ1) is 15.4. The number of hydrogen-bond donors (Lipinski definition) is 0. The van der Waals surface area contributed by atoms with Gasteiger partial charge >= 0.3 is 0 Å². The summed E-state index contributed by atoms with van der Waals surface area (Å²) in [6.45, 7) is 2.00. The Balaban J connectivity index is 1.47. The largest absolute Gasteiger partial charge is 0.487 e. The maximum atomic E-state index is 12.8. The maximum absolute atomic E-state index is 12.8. The monoisotopic (exact) mass is 447 g/mol. The first kappa shape index (κ1) is 21.3. The summed E-state index contributed by atoms with van der Waals surface area (Å²) in [5, 5.41) is 16.9. The van der Waals surface area contributed by atoms with Crippen LogP contribution in [0.2, 0.25) is 5.02 Å². The van der Waals surface area contributed by atoms with Crippen molar-refractivity contribution in [2.24, 2.45) is 5.10 Å². The molecule has 160 valence electrons. The molecular formula is C24H18ClN3O4. The Labute approximate surface area is 189 Å². The van der Waals surface area contributed by atoms with Crippen LogP contribution >= 0.6 is 11.6 Å². The van der Waals surface area contributed by atoms with Crippen LogP contribution in [0.15, 0.2) is 83.5 Å². The van der Waals surface area contributed by atoms with E-state index < -0.39 is 4.92 Å². The molecule has 1 amide bonds. The number of carbonyl (C=O) groups is 1. The van der Waals surface area contributed by atoms with Crippen LogP contribution in [0, 0.1) is 10.1 Å². The van der Waals surface area contributed by atoms with Crippen LogP contribution in [0.5, 0.6) is 5.75 Å². The average molecular weight is 448 g/mol. The van der Waals surface area contributed by atoms with Crippen LogP contribution in [-0.4, -0.2) is 16.5 Å². The van der Waals surface area contributed by atoms with Crippen molar-refractivity contribution in [2.75, 3.05) is 5.01 Å². The van der Waals surface area contributed by atoms with Crippen molar-refractivity contribution in [2.45, 2.75) is 13.5 Å². The highest BCUT2D eigenvalue weighted by Gasteiger charge is 2.28. The molecule has 8 heteroatoms. The molecule has 0 saturated carbocycles. The molecule has 0 fully saturated rings. The summed E-state index contributed by atoms with van der Waals surface area (Å²) < 4.78 is 5.74. The molecule has 32 heavy (non-hydrogen) atoms. The number of non-ortho nitro benzene ring substituents is 1. The molecule has 0 N–H and O–H groups in total. The van der Waals surface area contributed by atoms with E-state index in [2.05, 4.69) is 5.10 Å². The Morgan fingerprint density at radius 1 is 1.09 bits per heavy atom. The first-order valence-electron chi connectivity index (χ1n) is 9.75. The van der Waals surface area contributed by atoms with Gasteiger partial charge in [-0.05, 0) is 60.5 Å². The number of hydrazone groups is 1. The third kappa shape index (κ3) is 4.53. The summed E-state index contributed by atoms with van der Waals surface area (Å²) in [6, 6.07) is 20.6. The summed E-state index contributed by atoms with van der Waals surface area (Å²) >= 11 is 6.38. The van der Waals surface area contributed by atoms with Crippen LogP contribution in [0.3, 0.4) is 0 Å². The van der Waals surface area contributed by atoms with Gasteiger partial charge in [-0.3, -0.25) is 14.9 Å². The van der Waals surface area contributed by atoms with Crippen LogP contribution in [0.1, 0.15) is 18.1 Å². The average Bonchev–Trinajstić information content (AvgIpc) is 3.07. The Kier molecular flexibility index (Phi) is 6.00. The minimum absolute atomic E-state index is 0.0234. The van der Waals surface area contributed by atoms with Crippen LogP contribution in [0.4, 0.5) is 11.4 Å². The van der Waals surface area contributed by atoms with Gasteiger partial charge in [0.1, 0.15) is 12.4 Å². The topological polar surface area (TPSA) is 85.0 Å². The lowest BCUT2D eigenvalue weighted by atomic mass is 10.1. The number of carbonyl (C=O) groups excluding carboxylic acids is 1. The van der Waals surface area contributed by atoms with E-state index in [4.69, 9.17) is 16.3 Å². The van der Waals surface area contributed by atoms with Crippen molar-refractivity contribution in [1.82, 2.24) is 0 Å². The molecule has 0 bridgehead atoms. The van der Waals surface area contributed by atoms with E-state index in [0.717, 1.165) is 11.1 Å². The zero-order valence-corrected chi connectivity index (χ0v) is 17.8. The van der Waals surface area contributed by atoms with Gasteiger partial charge in [-0.15, -0.1) is 0 Å². The molecule has 1 heterocycles. The van der Waals surface area contributed by atoms with Gasteiger partial charge in [0.15, 0.2) is 0 Å². The number of nitro groups is 1. The summed E-state index contributed by atoms with van der Waals surface area (Å²) in [4.78, 5) is 23.1. The van der Waals surface area contributed by atoms with Crippen LogP contribution in [0.25, 0.3) is 6.08 Å². The van der Waals surface area contributed by atoms with Crippen molar-refractivity contribution >= 4 is 40.7 Å². The molecule has 0 spiro atoms. The fraction of sp³-hybridized carbons (Fsp3) is 0.0833. The molecule has 7 nitrogen and oxygen atoms in total. The minimum atomic E-state index is -0.449. The highest BCUT2D eigenvalue weighted by molar-refractivity contribution is 6.33. The number of rotatable bonds is 6. The summed E-state index contributed by atoms with van der Waals surface area (Å²) in [5.41, 5.74) is 3.36. The second-order valence-electron chi connectivity index (χ2n) is 7.10. The second-order valence-corrected chi connectivity index (χ2v) is 7.51. The predicted octanol–water partition coefficient (Wildman–Crippen LogP) is 5.63. The van der Waals surface area contributed by atoms with Gasteiger partial charge in [0, 0.05) is 12.1 Å². The Morgan fingerprint density at radius 2 is 1.81 bits per heavy atom. The fourth-order valence-corrected chi connectivity index (χ4v) is 3.44. The minimum Gasteiger partial charge on any atom is -0.487 e. The van der Waals surface area contributed by atoms with Gasteiger partial charge in [-0.1, -0.05) is 35.9 Å². The molecule has 0 saturated heterocycles. The van der Waals surface area contributed by atoms with Crippen molar-refractivity contribution in [3.8, 4) is 5.75 Å². The smallest absolute Gasteiger partial charge is 0.280 e. The van der Waals surface area contributed by atoms with Gasteiger partial charge in [-0.25, -0.2) is 0 Å². The molecule has 0 radical (unpaired) electrons. The van der Waals surface area contributed by atoms with E-state index in [-0.39, 0.29) is 18.2 Å². The van der Waals surface area contributed by atoms with Gasteiger partial charge in [0.25, 0.3) is 11.6 Å². The molecule has 3 aromatic rings. The van der Waals surface area contributed by atoms with E-state index >= 15 is 0 Å². The molecule has 1 aliphatic heterocycles. The van der Waals surface area contributed by atoms with Crippen LogP contribution < -0.4 is 9.75 Å². The Hall–Kier alpha value is -3.97. The van der Waals surface area contributed by atoms with Crippen molar-refractivity contribution in [3.63, 3.8) is 0 Å². The summed E-state index contributed by atoms with van der Waals surface area (Å²) in [7, 11) is 0. The number of nitrogens with zero attached hydrogens (tertiary/aromatic N) is 3. The van der Waals surface area contributed by atoms with Gasteiger partial charge < -0.3 is 4.74 Å². The zero-order valence-electron chi connectivity index (χ0n) is 17.1. The first-order valence-corrected chi connectivity index (χ1v) is 10.1. The van der Waals surface area contributed by atoms with Gasteiger partial charge in [-0.2, -0.15) is 10.1 Å². The SMILES string of the molecule is CC1=NN(c2ccccc2)C(=O)/C1=C/c1ccc(OCc2ccc([N+](=O)[O-])cc2)c(Cl)c1. The number of nitro benzene ring substituents is 1. The number of halogens is 1. The molecule has 1 aliphatic rings. The standard InChI is InChI=1S/C24H18ClN3O4/c1-16-21(24(29)27(26-16)19-5-3-2-4-6-19)13-18-9-12-23(22(25)14-18)32-15-17-7-10-20(11-8-17)28(30)31/h2-14H,15H2,1H3/b21-13+. The predicted molar refractivity (Wildman–Crippen MR) is 124 cm³/mol. The normalized spacial score (nSPS) is 14.6. The molecule has 0 aliphatic carbocycles. The van der Waals surface area contributed by atoms with E-state index in [1.165, 1.54) is 17.1 Å². The third-order valence-electron chi connectivity index (χ3n) is 4.87. The fourth-order valence-electron chi connectivity index (χ4n) is 3.19. The number of benzene rings is 3. The highest BCUT2D eigenvalue weighted by atomic mass is 35.5. The summed E-state index contributed by atoms with van der Waals surface area (Å²) in [5.74, 6) is 0.268. The third-order valence-corrected chi connectivity index (χ3v) is 5.17. The molecule has 0 aromatic heterocycles. The lowest BCUT2D eigenvalue weighted by Crippen LogP contribution is -2.21. The van der Waals surface area contributed by atoms with Gasteiger partial charge in [0.2, 0.25) is 0 Å². The number of ether oxygens (including phenoxy) is 1. The number of hydrogen-bond acceptors (Lipinski definition) is 5. The lowest BCUT2D eigenvalue weighted by molar-refractivity contribution is -0.384. The quantitative estimate of drug-likeness (QED) is 0.278. The second kappa shape index (κ2) is 9.03. The number of para-hydroxylation sites is 1. The molecule has 3 aromatic carbocycles. The summed E-state index contributed by atoms with van der Waals surface area (Å²) in [6.07, 6.45) is 1.75. The van der Waals surface area contributed by atoms with E-state index in [1.807, 2.05) is 30.3 Å². The molecular weight excluding hydrogens is 430 g/mol. The maximum Gasteiger partial charge on any atom is 0.280 e. The van der Waals surface area contributed by atoms with E-state index in [0.29, 0.717) is 27.7 Å². The van der Waals surface area contributed by atoms with Crippen molar-refractivity contribution in [3.05, 3.63) is 105 Å². The molecule has 4 rings (SSSR count). The molecule has 0 atom stereocenters. The lowest BCUT2D eigenvalue weighted by Gasteiger charge is -2.11. The van der Waals surface area contributed by atoms with Crippen molar-refractivity contribution < 1.29 is 14.5 Å². The van der Waals surface area contributed by atoms with E-state index in [1.54, 1.807) is 43.3 Å².